The molecule has 1 heterocycles. The van der Waals surface area contributed by atoms with E-state index >= 15 is 0 Å². The molecule has 0 fully saturated rings. The van der Waals surface area contributed by atoms with E-state index in [0.29, 0.717) is 13.2 Å². The van der Waals surface area contributed by atoms with Gasteiger partial charge in [-0.15, -0.1) is 0 Å². The number of hydrogen-bond acceptors (Lipinski definition) is 4. The van der Waals surface area contributed by atoms with E-state index in [4.69, 9.17) is 9.47 Å². The van der Waals surface area contributed by atoms with Gasteiger partial charge in [-0.25, -0.2) is 4.98 Å². The van der Waals surface area contributed by atoms with Crippen LogP contribution in [0.4, 0.5) is 0 Å². The van der Waals surface area contributed by atoms with Gasteiger partial charge in [0.05, 0.1) is 30.9 Å². The predicted octanol–water partition coefficient (Wildman–Crippen LogP) is 2.14. The molecular formula is C16H23N3O2. The maximum absolute atomic E-state index is 5.85. The van der Waals surface area contributed by atoms with Gasteiger partial charge in [0.25, 0.3) is 0 Å². The Bertz CT molecular complexity index is 554. The number of methoxy groups -OCH3 is 1. The molecule has 1 atom stereocenters. The third kappa shape index (κ3) is 3.83. The molecule has 0 radical (unpaired) electrons. The van der Waals surface area contributed by atoms with Gasteiger partial charge >= 0.3 is 0 Å². The van der Waals surface area contributed by atoms with Crippen molar-refractivity contribution in [2.75, 3.05) is 26.9 Å². The molecule has 0 bridgehead atoms. The van der Waals surface area contributed by atoms with Crippen LogP contribution in [0.5, 0.6) is 5.75 Å². The zero-order valence-electron chi connectivity index (χ0n) is 12.9. The minimum atomic E-state index is 0.0567. The van der Waals surface area contributed by atoms with Gasteiger partial charge in [0.15, 0.2) is 0 Å². The number of hydrogen-bond donors (Lipinski definition) is 1. The zero-order valence-corrected chi connectivity index (χ0v) is 12.9. The van der Waals surface area contributed by atoms with Crippen LogP contribution < -0.4 is 10.1 Å². The normalized spacial score (nSPS) is 12.3. The smallest absolute Gasteiger partial charge is 0.124 e. The van der Waals surface area contributed by atoms with Crippen molar-refractivity contribution in [3.8, 4) is 5.75 Å². The van der Waals surface area contributed by atoms with E-state index < -0.39 is 0 Å². The minimum absolute atomic E-state index is 0.0567. The Kier molecular flexibility index (Phi) is 5.78. The van der Waals surface area contributed by atoms with Gasteiger partial charge < -0.3 is 19.4 Å². The first-order valence-electron chi connectivity index (χ1n) is 7.18. The highest BCUT2D eigenvalue weighted by Crippen LogP contribution is 2.29. The molecule has 0 spiro atoms. The highest BCUT2D eigenvalue weighted by molar-refractivity contribution is 5.39. The third-order valence-electron chi connectivity index (χ3n) is 3.33. The van der Waals surface area contributed by atoms with Crippen LogP contribution in [-0.2, 0) is 11.8 Å². The highest BCUT2D eigenvalue weighted by Gasteiger charge is 2.19. The van der Waals surface area contributed by atoms with E-state index in [2.05, 4.69) is 23.3 Å². The van der Waals surface area contributed by atoms with Gasteiger partial charge in [0.1, 0.15) is 12.4 Å². The van der Waals surface area contributed by atoms with Crippen LogP contribution in [-0.4, -0.2) is 36.4 Å². The molecule has 0 aliphatic heterocycles. The van der Waals surface area contributed by atoms with Crippen LogP contribution >= 0.6 is 0 Å². The molecule has 5 heteroatoms. The van der Waals surface area contributed by atoms with Crippen molar-refractivity contribution in [1.82, 2.24) is 14.9 Å². The second-order valence-electron chi connectivity index (χ2n) is 4.80. The summed E-state index contributed by atoms with van der Waals surface area (Å²) in [6.07, 6.45) is 3.70. The van der Waals surface area contributed by atoms with Crippen molar-refractivity contribution in [3.63, 3.8) is 0 Å². The molecular weight excluding hydrogens is 266 g/mol. The molecule has 2 aromatic rings. The van der Waals surface area contributed by atoms with Crippen molar-refractivity contribution >= 4 is 0 Å². The number of aromatic nitrogens is 2. The van der Waals surface area contributed by atoms with Crippen molar-refractivity contribution in [3.05, 3.63) is 48.0 Å². The lowest BCUT2D eigenvalue weighted by Crippen LogP contribution is -2.24. The summed E-state index contributed by atoms with van der Waals surface area (Å²) in [6.45, 7) is 4.07. The van der Waals surface area contributed by atoms with Crippen LogP contribution in [0.25, 0.3) is 0 Å². The topological polar surface area (TPSA) is 48.3 Å². The lowest BCUT2D eigenvalue weighted by Gasteiger charge is -2.21. The second-order valence-corrected chi connectivity index (χ2v) is 4.80. The Morgan fingerprint density at radius 2 is 2.10 bits per heavy atom. The molecule has 5 nitrogen and oxygen atoms in total. The average molecular weight is 289 g/mol. The molecule has 0 aliphatic rings. The Morgan fingerprint density at radius 3 is 2.76 bits per heavy atom. The van der Waals surface area contributed by atoms with Crippen LogP contribution in [0, 0.1) is 0 Å². The van der Waals surface area contributed by atoms with Crippen molar-refractivity contribution in [1.29, 1.82) is 0 Å². The van der Waals surface area contributed by atoms with Crippen LogP contribution in [0.15, 0.2) is 36.8 Å². The summed E-state index contributed by atoms with van der Waals surface area (Å²) < 4.78 is 12.9. The maximum Gasteiger partial charge on any atom is 0.124 e. The van der Waals surface area contributed by atoms with Gasteiger partial charge in [-0.2, -0.15) is 0 Å². The van der Waals surface area contributed by atoms with E-state index in [9.17, 15) is 0 Å². The van der Waals surface area contributed by atoms with Gasteiger partial charge in [-0.05, 0) is 12.6 Å². The first kappa shape index (κ1) is 15.5. The zero-order chi connectivity index (χ0) is 15.1. The van der Waals surface area contributed by atoms with E-state index in [1.54, 1.807) is 7.11 Å². The molecule has 21 heavy (non-hydrogen) atoms. The van der Waals surface area contributed by atoms with Crippen LogP contribution in [0.3, 0.4) is 0 Å². The Hall–Kier alpha value is -1.85. The number of nitrogens with zero attached hydrogens (tertiary/aromatic N) is 2. The summed E-state index contributed by atoms with van der Waals surface area (Å²) >= 11 is 0. The van der Waals surface area contributed by atoms with E-state index in [0.717, 1.165) is 23.6 Å². The summed E-state index contributed by atoms with van der Waals surface area (Å²) in [4.78, 5) is 4.22. The molecule has 1 N–H and O–H groups in total. The number of rotatable bonds is 8. The first-order valence-corrected chi connectivity index (χ1v) is 7.18. The van der Waals surface area contributed by atoms with Crippen LogP contribution in [0.1, 0.15) is 24.2 Å². The quantitative estimate of drug-likeness (QED) is 0.756. The van der Waals surface area contributed by atoms with Gasteiger partial charge in [0.2, 0.25) is 0 Å². The monoisotopic (exact) mass is 289 g/mol. The Labute approximate surface area is 125 Å². The Morgan fingerprint density at radius 1 is 1.29 bits per heavy atom. The van der Waals surface area contributed by atoms with E-state index in [1.807, 2.05) is 42.3 Å². The fraction of sp³-hybridized carbons (Fsp3) is 0.438. The van der Waals surface area contributed by atoms with Gasteiger partial charge in [-0.3, -0.25) is 0 Å². The van der Waals surface area contributed by atoms with E-state index in [-0.39, 0.29) is 6.04 Å². The number of aryl methyl sites for hydroxylation is 1. The van der Waals surface area contributed by atoms with Crippen molar-refractivity contribution in [2.45, 2.75) is 13.0 Å². The van der Waals surface area contributed by atoms with Crippen molar-refractivity contribution < 1.29 is 9.47 Å². The highest BCUT2D eigenvalue weighted by atomic mass is 16.5. The lowest BCUT2D eigenvalue weighted by molar-refractivity contribution is 0.145. The SMILES string of the molecule is CCNC(c1ccccc1OCCOC)c1cncn1C. The Balaban J connectivity index is 2.30. The first-order chi connectivity index (χ1) is 10.3. The predicted molar refractivity (Wildman–Crippen MR) is 82.5 cm³/mol. The van der Waals surface area contributed by atoms with Crippen molar-refractivity contribution in [2.24, 2.45) is 7.05 Å². The maximum atomic E-state index is 5.85. The van der Waals surface area contributed by atoms with Gasteiger partial charge in [-0.1, -0.05) is 25.1 Å². The molecule has 1 aromatic carbocycles. The number of nitrogens with one attached hydrogen (secondary N) is 1. The molecule has 1 unspecified atom stereocenters. The number of benzene rings is 1. The summed E-state index contributed by atoms with van der Waals surface area (Å²) in [5, 5.41) is 3.50. The van der Waals surface area contributed by atoms with Crippen LogP contribution in [0.2, 0.25) is 0 Å². The molecule has 2 rings (SSSR count). The second kappa shape index (κ2) is 7.81. The summed E-state index contributed by atoms with van der Waals surface area (Å²) in [7, 11) is 3.67. The average Bonchev–Trinajstić information content (AvgIpc) is 2.92. The number of ether oxygens (including phenoxy) is 2. The summed E-state index contributed by atoms with van der Waals surface area (Å²) in [5.74, 6) is 0.877. The number of para-hydroxylation sites is 1. The molecule has 114 valence electrons. The fourth-order valence-electron chi connectivity index (χ4n) is 2.31. The fourth-order valence-corrected chi connectivity index (χ4v) is 2.31. The van der Waals surface area contributed by atoms with Gasteiger partial charge in [0, 0.05) is 19.7 Å². The standard InChI is InChI=1S/C16H23N3O2/c1-4-18-16(14-11-17-12-19(14)2)13-7-5-6-8-15(13)21-10-9-20-3/h5-8,11-12,16,18H,4,9-10H2,1-3H3. The number of imidazole rings is 1. The molecule has 1 aromatic heterocycles. The minimum Gasteiger partial charge on any atom is -0.491 e. The molecule has 0 saturated carbocycles. The third-order valence-corrected chi connectivity index (χ3v) is 3.33. The molecule has 0 amide bonds. The molecule has 0 saturated heterocycles. The molecule has 0 aliphatic carbocycles. The summed E-state index contributed by atoms with van der Waals surface area (Å²) in [6, 6.07) is 8.15. The summed E-state index contributed by atoms with van der Waals surface area (Å²) in [5.41, 5.74) is 2.22. The lowest BCUT2D eigenvalue weighted by atomic mass is 10.0. The largest absolute Gasteiger partial charge is 0.491 e. The van der Waals surface area contributed by atoms with E-state index in [1.165, 1.54) is 0 Å².